The average Bonchev–Trinajstić information content (AvgIpc) is 2.19. The SMILES string of the molecule is C=C(CCCOC)c1ccc(C)cc1. The zero-order valence-electron chi connectivity index (χ0n) is 9.05. The van der Waals surface area contributed by atoms with E-state index in [2.05, 4.69) is 37.8 Å². The van der Waals surface area contributed by atoms with Gasteiger partial charge in [-0.3, -0.25) is 0 Å². The predicted molar refractivity (Wildman–Crippen MR) is 61.3 cm³/mol. The number of allylic oxidation sites excluding steroid dienone is 1. The van der Waals surface area contributed by atoms with Gasteiger partial charge in [0.25, 0.3) is 0 Å². The molecule has 0 amide bonds. The molecule has 0 aliphatic rings. The van der Waals surface area contributed by atoms with Crippen LogP contribution in [0.3, 0.4) is 0 Å². The lowest BCUT2D eigenvalue weighted by molar-refractivity contribution is 0.196. The minimum atomic E-state index is 0.810. The van der Waals surface area contributed by atoms with E-state index in [1.54, 1.807) is 7.11 Å². The summed E-state index contributed by atoms with van der Waals surface area (Å²) in [7, 11) is 1.73. The second kappa shape index (κ2) is 5.61. The van der Waals surface area contributed by atoms with Gasteiger partial charge in [0.05, 0.1) is 0 Å². The van der Waals surface area contributed by atoms with Crippen LogP contribution in [0.15, 0.2) is 30.8 Å². The average molecular weight is 190 g/mol. The first kappa shape index (κ1) is 11.0. The lowest BCUT2D eigenvalue weighted by Gasteiger charge is -2.05. The molecule has 1 aromatic carbocycles. The highest BCUT2D eigenvalue weighted by Gasteiger charge is 1.97. The Kier molecular flexibility index (Phi) is 4.41. The third-order valence-electron chi connectivity index (χ3n) is 2.29. The second-order valence-corrected chi connectivity index (χ2v) is 3.57. The summed E-state index contributed by atoms with van der Waals surface area (Å²) in [6.07, 6.45) is 2.06. The van der Waals surface area contributed by atoms with E-state index in [0.29, 0.717) is 0 Å². The van der Waals surface area contributed by atoms with E-state index in [9.17, 15) is 0 Å². The molecule has 0 heterocycles. The fourth-order valence-electron chi connectivity index (χ4n) is 1.36. The highest BCUT2D eigenvalue weighted by Crippen LogP contribution is 2.17. The van der Waals surface area contributed by atoms with Crippen LogP contribution in [-0.2, 0) is 4.74 Å². The molecule has 0 radical (unpaired) electrons. The lowest BCUT2D eigenvalue weighted by atomic mass is 10.0. The molecule has 1 aromatic rings. The summed E-state index contributed by atoms with van der Waals surface area (Å²) in [6.45, 7) is 6.98. The molecule has 0 saturated carbocycles. The lowest BCUT2D eigenvalue weighted by Crippen LogP contribution is -1.90. The number of hydrogen-bond acceptors (Lipinski definition) is 1. The highest BCUT2D eigenvalue weighted by atomic mass is 16.5. The van der Waals surface area contributed by atoms with Gasteiger partial charge in [0, 0.05) is 13.7 Å². The number of rotatable bonds is 5. The summed E-state index contributed by atoms with van der Waals surface area (Å²) >= 11 is 0. The maximum atomic E-state index is 5.01. The van der Waals surface area contributed by atoms with E-state index in [4.69, 9.17) is 4.74 Å². The van der Waals surface area contributed by atoms with Crippen molar-refractivity contribution >= 4 is 5.57 Å². The van der Waals surface area contributed by atoms with Gasteiger partial charge >= 0.3 is 0 Å². The molecule has 0 unspecified atom stereocenters. The molecule has 0 bridgehead atoms. The molecule has 76 valence electrons. The number of methoxy groups -OCH3 is 1. The molecule has 0 saturated heterocycles. The summed E-state index contributed by atoms with van der Waals surface area (Å²) in [5.74, 6) is 0. The smallest absolute Gasteiger partial charge is 0.0465 e. The molecule has 0 fully saturated rings. The maximum absolute atomic E-state index is 5.01. The quantitative estimate of drug-likeness (QED) is 0.646. The molecule has 1 heteroatoms. The molecule has 0 N–H and O–H groups in total. The summed E-state index contributed by atoms with van der Waals surface area (Å²) in [5.41, 5.74) is 3.73. The van der Waals surface area contributed by atoms with Gasteiger partial charge in [-0.05, 0) is 30.9 Å². The molecular formula is C13H18O. The number of benzene rings is 1. The van der Waals surface area contributed by atoms with Gasteiger partial charge in [-0.2, -0.15) is 0 Å². The van der Waals surface area contributed by atoms with Crippen molar-refractivity contribution in [2.75, 3.05) is 13.7 Å². The van der Waals surface area contributed by atoms with Crippen LogP contribution >= 0.6 is 0 Å². The monoisotopic (exact) mass is 190 g/mol. The van der Waals surface area contributed by atoms with Crippen LogP contribution in [0.4, 0.5) is 0 Å². The molecule has 1 nitrogen and oxygen atoms in total. The Morgan fingerprint density at radius 1 is 1.29 bits per heavy atom. The van der Waals surface area contributed by atoms with Gasteiger partial charge in [0.2, 0.25) is 0 Å². The van der Waals surface area contributed by atoms with E-state index in [1.807, 2.05) is 0 Å². The number of hydrogen-bond donors (Lipinski definition) is 0. The fourth-order valence-corrected chi connectivity index (χ4v) is 1.36. The zero-order valence-corrected chi connectivity index (χ0v) is 9.05. The van der Waals surface area contributed by atoms with Crippen LogP contribution in [0, 0.1) is 6.92 Å². The minimum Gasteiger partial charge on any atom is -0.385 e. The zero-order chi connectivity index (χ0) is 10.4. The largest absolute Gasteiger partial charge is 0.385 e. The third-order valence-corrected chi connectivity index (χ3v) is 2.29. The third kappa shape index (κ3) is 3.35. The summed E-state index contributed by atoms with van der Waals surface area (Å²) < 4.78 is 5.01. The van der Waals surface area contributed by atoms with Crippen molar-refractivity contribution in [1.29, 1.82) is 0 Å². The number of ether oxygens (including phenoxy) is 1. The first-order chi connectivity index (χ1) is 6.74. The molecular weight excluding hydrogens is 172 g/mol. The van der Waals surface area contributed by atoms with E-state index < -0.39 is 0 Å². The van der Waals surface area contributed by atoms with Gasteiger partial charge in [-0.1, -0.05) is 36.4 Å². The molecule has 0 atom stereocenters. The van der Waals surface area contributed by atoms with Crippen LogP contribution in [0.1, 0.15) is 24.0 Å². The normalized spacial score (nSPS) is 10.1. The standard InChI is InChI=1S/C13H18O/c1-11-6-8-13(9-7-11)12(2)5-4-10-14-3/h6-9H,2,4-5,10H2,1,3H3. The van der Waals surface area contributed by atoms with Gasteiger partial charge in [0.1, 0.15) is 0 Å². The summed E-state index contributed by atoms with van der Waals surface area (Å²) in [6, 6.07) is 8.50. The van der Waals surface area contributed by atoms with E-state index in [-0.39, 0.29) is 0 Å². The topological polar surface area (TPSA) is 9.23 Å². The molecule has 0 spiro atoms. The fraction of sp³-hybridized carbons (Fsp3) is 0.385. The van der Waals surface area contributed by atoms with Crippen molar-refractivity contribution in [3.8, 4) is 0 Å². The molecule has 0 aromatic heterocycles. The van der Waals surface area contributed by atoms with Crippen LogP contribution in [-0.4, -0.2) is 13.7 Å². The van der Waals surface area contributed by atoms with E-state index in [1.165, 1.54) is 16.7 Å². The predicted octanol–water partition coefficient (Wildman–Crippen LogP) is 3.43. The van der Waals surface area contributed by atoms with Gasteiger partial charge in [-0.15, -0.1) is 0 Å². The molecule has 0 aliphatic carbocycles. The Labute approximate surface area is 86.4 Å². The summed E-state index contributed by atoms with van der Waals surface area (Å²) in [5, 5.41) is 0. The molecule has 14 heavy (non-hydrogen) atoms. The number of aryl methyl sites for hydroxylation is 1. The maximum Gasteiger partial charge on any atom is 0.0465 e. The summed E-state index contributed by atoms with van der Waals surface area (Å²) in [4.78, 5) is 0. The first-order valence-electron chi connectivity index (χ1n) is 4.98. The van der Waals surface area contributed by atoms with Crippen LogP contribution < -0.4 is 0 Å². The van der Waals surface area contributed by atoms with Crippen molar-refractivity contribution in [3.63, 3.8) is 0 Å². The Morgan fingerprint density at radius 3 is 2.50 bits per heavy atom. The highest BCUT2D eigenvalue weighted by molar-refractivity contribution is 5.63. The molecule has 0 aliphatic heterocycles. The van der Waals surface area contributed by atoms with Crippen LogP contribution in [0.2, 0.25) is 0 Å². The Morgan fingerprint density at radius 2 is 1.93 bits per heavy atom. The van der Waals surface area contributed by atoms with Gasteiger partial charge in [-0.25, -0.2) is 0 Å². The van der Waals surface area contributed by atoms with E-state index >= 15 is 0 Å². The van der Waals surface area contributed by atoms with Crippen molar-refractivity contribution in [1.82, 2.24) is 0 Å². The Bertz CT molecular complexity index is 285. The van der Waals surface area contributed by atoms with Crippen molar-refractivity contribution in [2.24, 2.45) is 0 Å². The van der Waals surface area contributed by atoms with Crippen molar-refractivity contribution in [3.05, 3.63) is 42.0 Å². The van der Waals surface area contributed by atoms with Crippen LogP contribution in [0.25, 0.3) is 5.57 Å². The Hall–Kier alpha value is -1.08. The molecule has 1 rings (SSSR count). The van der Waals surface area contributed by atoms with Crippen LogP contribution in [0.5, 0.6) is 0 Å². The minimum absolute atomic E-state index is 0.810. The van der Waals surface area contributed by atoms with Gasteiger partial charge < -0.3 is 4.74 Å². The van der Waals surface area contributed by atoms with Crippen molar-refractivity contribution in [2.45, 2.75) is 19.8 Å². The second-order valence-electron chi connectivity index (χ2n) is 3.57. The van der Waals surface area contributed by atoms with E-state index in [0.717, 1.165) is 19.4 Å². The first-order valence-corrected chi connectivity index (χ1v) is 4.98. The van der Waals surface area contributed by atoms with Gasteiger partial charge in [0.15, 0.2) is 0 Å². The van der Waals surface area contributed by atoms with Crippen molar-refractivity contribution < 1.29 is 4.74 Å². The Balaban J connectivity index is 2.48.